The van der Waals surface area contributed by atoms with Crippen molar-refractivity contribution < 1.29 is 19.0 Å². The van der Waals surface area contributed by atoms with E-state index < -0.39 is 11.7 Å². The van der Waals surface area contributed by atoms with Crippen LogP contribution in [0, 0.1) is 11.7 Å². The average molecular weight is 267 g/mol. The summed E-state index contributed by atoms with van der Waals surface area (Å²) in [5.41, 5.74) is -0.0511. The molecule has 2 unspecified atom stereocenters. The number of benzene rings is 1. The van der Waals surface area contributed by atoms with Gasteiger partial charge in [-0.1, -0.05) is 6.92 Å². The van der Waals surface area contributed by atoms with Gasteiger partial charge in [0.15, 0.2) is 0 Å². The van der Waals surface area contributed by atoms with Crippen molar-refractivity contribution >= 4 is 5.91 Å². The van der Waals surface area contributed by atoms with Crippen LogP contribution >= 0.6 is 0 Å². The fourth-order valence-corrected chi connectivity index (χ4v) is 2.38. The minimum Gasteiger partial charge on any atom is -0.508 e. The first-order valence-electron chi connectivity index (χ1n) is 6.50. The normalized spacial score (nSPS) is 22.4. The second-order valence-electron chi connectivity index (χ2n) is 4.74. The molecule has 2 N–H and O–H groups in total. The van der Waals surface area contributed by atoms with Gasteiger partial charge in [0.2, 0.25) is 0 Å². The predicted octanol–water partition coefficient (Wildman–Crippen LogP) is 2.08. The van der Waals surface area contributed by atoms with Crippen LogP contribution in [0.1, 0.15) is 30.1 Å². The van der Waals surface area contributed by atoms with Crippen LogP contribution in [0.3, 0.4) is 0 Å². The van der Waals surface area contributed by atoms with Gasteiger partial charge in [0.25, 0.3) is 5.91 Å². The molecule has 0 saturated carbocycles. The molecule has 1 fully saturated rings. The Bertz CT molecular complexity index is 464. The number of rotatable bonds is 4. The molecule has 2 atom stereocenters. The number of carbonyl (C=O) groups is 1. The number of phenols is 1. The lowest BCUT2D eigenvalue weighted by molar-refractivity contribution is 0.0825. The third kappa shape index (κ3) is 3.23. The Labute approximate surface area is 111 Å². The van der Waals surface area contributed by atoms with E-state index in [9.17, 15) is 9.18 Å². The maximum absolute atomic E-state index is 13.5. The molecule has 0 radical (unpaired) electrons. The molecule has 1 heterocycles. The van der Waals surface area contributed by atoms with E-state index in [2.05, 4.69) is 5.32 Å². The van der Waals surface area contributed by atoms with Crippen molar-refractivity contribution in [2.45, 2.75) is 25.9 Å². The zero-order valence-corrected chi connectivity index (χ0v) is 10.9. The summed E-state index contributed by atoms with van der Waals surface area (Å²) in [6.07, 6.45) is 2.00. The van der Waals surface area contributed by atoms with E-state index in [0.717, 1.165) is 18.9 Å². The highest BCUT2D eigenvalue weighted by atomic mass is 19.1. The third-order valence-corrected chi connectivity index (χ3v) is 3.47. The maximum Gasteiger partial charge on any atom is 0.254 e. The van der Waals surface area contributed by atoms with Crippen LogP contribution in [0.15, 0.2) is 18.2 Å². The van der Waals surface area contributed by atoms with E-state index in [4.69, 9.17) is 9.84 Å². The van der Waals surface area contributed by atoms with Crippen molar-refractivity contribution in [3.8, 4) is 5.75 Å². The zero-order valence-electron chi connectivity index (χ0n) is 10.9. The molecule has 1 aliphatic rings. The summed E-state index contributed by atoms with van der Waals surface area (Å²) < 4.78 is 19.0. The minimum absolute atomic E-state index is 0.0511. The number of ether oxygens (including phenoxy) is 1. The maximum atomic E-state index is 13.5. The standard InChI is InChI=1S/C14H18FNO3/c1-2-13-9(5-6-19-13)8-16-14(18)11-4-3-10(17)7-12(11)15/h3-4,7,9,13,17H,2,5-6,8H2,1H3,(H,16,18). The molecule has 2 rings (SSSR count). The predicted molar refractivity (Wildman–Crippen MR) is 68.5 cm³/mol. The Morgan fingerprint density at radius 3 is 3.05 bits per heavy atom. The molecular formula is C14H18FNO3. The van der Waals surface area contributed by atoms with Gasteiger partial charge in [-0.15, -0.1) is 0 Å². The van der Waals surface area contributed by atoms with Crippen molar-refractivity contribution in [3.05, 3.63) is 29.6 Å². The summed E-state index contributed by atoms with van der Waals surface area (Å²) in [5.74, 6) is -1.08. The molecule has 0 bridgehead atoms. The van der Waals surface area contributed by atoms with Crippen molar-refractivity contribution in [1.82, 2.24) is 5.32 Å². The SMILES string of the molecule is CCC1OCCC1CNC(=O)c1ccc(O)cc1F. The van der Waals surface area contributed by atoms with Crippen LogP contribution in [-0.2, 0) is 4.74 Å². The number of amides is 1. The summed E-state index contributed by atoms with van der Waals surface area (Å²) in [6, 6.07) is 3.51. The minimum atomic E-state index is -0.716. The molecule has 0 aliphatic carbocycles. The molecule has 104 valence electrons. The molecule has 5 heteroatoms. The highest BCUT2D eigenvalue weighted by Gasteiger charge is 2.27. The smallest absolute Gasteiger partial charge is 0.254 e. The lowest BCUT2D eigenvalue weighted by Gasteiger charge is -2.17. The lowest BCUT2D eigenvalue weighted by Crippen LogP contribution is -2.33. The van der Waals surface area contributed by atoms with Gasteiger partial charge in [0, 0.05) is 25.1 Å². The fourth-order valence-electron chi connectivity index (χ4n) is 2.38. The lowest BCUT2D eigenvalue weighted by atomic mass is 9.99. The van der Waals surface area contributed by atoms with Crippen molar-refractivity contribution in [3.63, 3.8) is 0 Å². The first-order valence-corrected chi connectivity index (χ1v) is 6.50. The molecule has 1 aromatic rings. The molecule has 0 spiro atoms. The molecule has 1 amide bonds. The number of phenolic OH excluding ortho intramolecular Hbond substituents is 1. The zero-order chi connectivity index (χ0) is 13.8. The highest BCUT2D eigenvalue weighted by Crippen LogP contribution is 2.22. The average Bonchev–Trinajstić information content (AvgIpc) is 2.83. The number of aromatic hydroxyl groups is 1. The van der Waals surface area contributed by atoms with Crippen molar-refractivity contribution in [2.75, 3.05) is 13.2 Å². The van der Waals surface area contributed by atoms with E-state index in [1.54, 1.807) is 0 Å². The first-order chi connectivity index (χ1) is 9.11. The van der Waals surface area contributed by atoms with Crippen molar-refractivity contribution in [1.29, 1.82) is 0 Å². The van der Waals surface area contributed by atoms with Crippen LogP contribution < -0.4 is 5.32 Å². The Morgan fingerprint density at radius 1 is 1.58 bits per heavy atom. The van der Waals surface area contributed by atoms with Gasteiger partial charge < -0.3 is 15.2 Å². The summed E-state index contributed by atoms with van der Waals surface area (Å²) in [7, 11) is 0. The second kappa shape index (κ2) is 6.02. The number of hydrogen-bond acceptors (Lipinski definition) is 3. The molecule has 4 nitrogen and oxygen atoms in total. The van der Waals surface area contributed by atoms with Crippen molar-refractivity contribution in [2.24, 2.45) is 5.92 Å². The van der Waals surface area contributed by atoms with Crippen LogP contribution in [0.5, 0.6) is 5.75 Å². The van der Waals surface area contributed by atoms with Gasteiger partial charge in [-0.3, -0.25) is 4.79 Å². The number of halogens is 1. The Kier molecular flexibility index (Phi) is 4.37. The number of hydrogen-bond donors (Lipinski definition) is 2. The Balaban J connectivity index is 1.94. The summed E-state index contributed by atoms with van der Waals surface area (Å²) >= 11 is 0. The summed E-state index contributed by atoms with van der Waals surface area (Å²) in [6.45, 7) is 3.24. The van der Waals surface area contributed by atoms with Gasteiger partial charge in [-0.2, -0.15) is 0 Å². The van der Waals surface area contributed by atoms with E-state index in [0.29, 0.717) is 13.2 Å². The molecule has 1 saturated heterocycles. The molecule has 0 aromatic heterocycles. The van der Waals surface area contributed by atoms with Gasteiger partial charge in [-0.05, 0) is 25.0 Å². The molecule has 19 heavy (non-hydrogen) atoms. The molecule has 1 aromatic carbocycles. The summed E-state index contributed by atoms with van der Waals surface area (Å²) in [5, 5.41) is 11.8. The van der Waals surface area contributed by atoms with Gasteiger partial charge >= 0.3 is 0 Å². The van der Waals surface area contributed by atoms with Crippen LogP contribution in [0.2, 0.25) is 0 Å². The van der Waals surface area contributed by atoms with Crippen LogP contribution in [-0.4, -0.2) is 30.3 Å². The highest BCUT2D eigenvalue weighted by molar-refractivity contribution is 5.94. The summed E-state index contributed by atoms with van der Waals surface area (Å²) in [4.78, 5) is 11.9. The van der Waals surface area contributed by atoms with Crippen LogP contribution in [0.25, 0.3) is 0 Å². The number of carbonyl (C=O) groups excluding carboxylic acids is 1. The van der Waals surface area contributed by atoms with Gasteiger partial charge in [-0.25, -0.2) is 4.39 Å². The second-order valence-corrected chi connectivity index (χ2v) is 4.74. The van der Waals surface area contributed by atoms with Crippen LogP contribution in [0.4, 0.5) is 4.39 Å². The van der Waals surface area contributed by atoms with E-state index >= 15 is 0 Å². The van der Waals surface area contributed by atoms with Gasteiger partial charge in [0.05, 0.1) is 11.7 Å². The van der Waals surface area contributed by atoms with E-state index in [1.807, 2.05) is 6.92 Å². The topological polar surface area (TPSA) is 58.6 Å². The fraction of sp³-hybridized carbons (Fsp3) is 0.500. The van der Waals surface area contributed by atoms with E-state index in [-0.39, 0.29) is 23.3 Å². The Morgan fingerprint density at radius 2 is 2.37 bits per heavy atom. The monoisotopic (exact) mass is 267 g/mol. The largest absolute Gasteiger partial charge is 0.508 e. The number of nitrogens with one attached hydrogen (secondary N) is 1. The molecule has 1 aliphatic heterocycles. The Hall–Kier alpha value is -1.62. The van der Waals surface area contributed by atoms with E-state index in [1.165, 1.54) is 12.1 Å². The molecular weight excluding hydrogens is 249 g/mol. The first kappa shape index (κ1) is 13.8. The quantitative estimate of drug-likeness (QED) is 0.878. The third-order valence-electron chi connectivity index (χ3n) is 3.47. The van der Waals surface area contributed by atoms with Gasteiger partial charge in [0.1, 0.15) is 11.6 Å².